The number of nitrogens with one attached hydrogen (secondary N) is 1. The number of carbonyl (C=O) groups excluding carboxylic acids is 1. The molecular weight excluding hydrogens is 544 g/mol. The van der Waals surface area contributed by atoms with Gasteiger partial charge < -0.3 is 10.2 Å². The van der Waals surface area contributed by atoms with Crippen molar-refractivity contribution >= 4 is 52.2 Å². The summed E-state index contributed by atoms with van der Waals surface area (Å²) in [6.07, 6.45) is 6.16. The summed E-state index contributed by atoms with van der Waals surface area (Å²) in [5.74, 6) is 0.805. The highest BCUT2D eigenvalue weighted by Gasteiger charge is 2.33. The average molecular weight is 573 g/mol. The first-order valence-corrected chi connectivity index (χ1v) is 14.4. The summed E-state index contributed by atoms with van der Waals surface area (Å²) >= 11 is 19.7. The number of piperidine rings is 1. The van der Waals surface area contributed by atoms with Crippen molar-refractivity contribution in [1.29, 1.82) is 0 Å². The lowest BCUT2D eigenvalue weighted by Crippen LogP contribution is -2.42. The highest BCUT2D eigenvalue weighted by molar-refractivity contribution is 6.40. The largest absolute Gasteiger partial charge is 0.333 e. The van der Waals surface area contributed by atoms with E-state index in [1.807, 2.05) is 0 Å². The van der Waals surface area contributed by atoms with Gasteiger partial charge in [0, 0.05) is 24.2 Å². The lowest BCUT2D eigenvalue weighted by atomic mass is 9.82. The van der Waals surface area contributed by atoms with Crippen LogP contribution >= 0.6 is 34.8 Å². The molecule has 0 spiro atoms. The quantitative estimate of drug-likeness (QED) is 0.332. The second-order valence-corrected chi connectivity index (χ2v) is 11.8. The monoisotopic (exact) mass is 571 g/mol. The van der Waals surface area contributed by atoms with Gasteiger partial charge in [-0.2, -0.15) is 0 Å². The van der Waals surface area contributed by atoms with Crippen molar-refractivity contribution in [3.05, 3.63) is 80.5 Å². The van der Waals surface area contributed by atoms with E-state index in [-0.39, 0.29) is 11.8 Å². The van der Waals surface area contributed by atoms with Gasteiger partial charge in [0.15, 0.2) is 0 Å². The van der Waals surface area contributed by atoms with Gasteiger partial charge in [0.2, 0.25) is 0 Å². The van der Waals surface area contributed by atoms with Gasteiger partial charge in [0.1, 0.15) is 5.82 Å². The number of likely N-dealkylation sites (tertiary alicyclic amines) is 1. The van der Waals surface area contributed by atoms with Crippen LogP contribution in [-0.2, 0) is 6.54 Å². The summed E-state index contributed by atoms with van der Waals surface area (Å²) in [5, 5.41) is 4.07. The van der Waals surface area contributed by atoms with Gasteiger partial charge in [0.05, 0.1) is 26.4 Å². The summed E-state index contributed by atoms with van der Waals surface area (Å²) in [6, 6.07) is 13.7. The molecule has 1 N–H and O–H groups in total. The molecular formula is C30H29Cl3FN3O. The maximum absolute atomic E-state index is 14.0. The van der Waals surface area contributed by atoms with E-state index in [9.17, 15) is 9.18 Å². The Balaban J connectivity index is 1.44. The normalized spacial score (nSPS) is 18.7. The number of anilines is 2. The molecule has 4 nitrogen and oxygen atoms in total. The molecule has 0 unspecified atom stereocenters. The number of para-hydroxylation sites is 1. The smallest absolute Gasteiger partial charge is 0.326 e. The van der Waals surface area contributed by atoms with E-state index in [4.69, 9.17) is 34.8 Å². The van der Waals surface area contributed by atoms with Crippen LogP contribution in [0.25, 0.3) is 11.1 Å². The van der Waals surface area contributed by atoms with Crippen molar-refractivity contribution in [1.82, 2.24) is 10.2 Å². The number of nitrogens with zero attached hydrogens (tertiary/aromatic N) is 2. The van der Waals surface area contributed by atoms with E-state index in [1.165, 1.54) is 37.9 Å². The third-order valence-corrected chi connectivity index (χ3v) is 9.21. The third-order valence-electron chi connectivity index (χ3n) is 8.29. The second kappa shape index (κ2) is 10.7. The van der Waals surface area contributed by atoms with Crippen LogP contribution < -0.4 is 10.2 Å². The molecule has 198 valence electrons. The Labute approximate surface area is 237 Å². The molecule has 2 heterocycles. The number of amides is 2. The molecule has 1 saturated carbocycles. The van der Waals surface area contributed by atoms with Crippen LogP contribution in [0.5, 0.6) is 0 Å². The van der Waals surface area contributed by atoms with Gasteiger partial charge in [-0.1, -0.05) is 53.4 Å². The topological polar surface area (TPSA) is 35.6 Å². The summed E-state index contributed by atoms with van der Waals surface area (Å²) < 4.78 is 14.0. The molecule has 0 aromatic heterocycles. The van der Waals surface area contributed by atoms with Crippen molar-refractivity contribution < 1.29 is 9.18 Å². The van der Waals surface area contributed by atoms with E-state index < -0.39 is 0 Å². The lowest BCUT2D eigenvalue weighted by molar-refractivity contribution is 0.147. The standard InChI is InChI=1S/C30H29Cl3FN3O/c31-25-5-2-6-26(32)29(25)37-28-14-20(19-9-11-36(12-10-19)17-18-3-1-4-18)13-23(24(28)16-35-30(37)38)22-8-7-21(34)15-27(22)33/h2,5-8,13-15,18-19H,1,3-4,9-12,16-17H2,(H,35,38). The van der Waals surface area contributed by atoms with E-state index >= 15 is 0 Å². The Morgan fingerprint density at radius 1 is 0.895 bits per heavy atom. The highest BCUT2D eigenvalue weighted by atomic mass is 35.5. The van der Waals surface area contributed by atoms with Crippen molar-refractivity contribution in [2.45, 2.75) is 44.6 Å². The summed E-state index contributed by atoms with van der Waals surface area (Å²) in [7, 11) is 0. The number of hydrogen-bond acceptors (Lipinski definition) is 2. The molecule has 1 saturated heterocycles. The Kier molecular flexibility index (Phi) is 7.30. The first-order chi connectivity index (χ1) is 18.4. The Morgan fingerprint density at radius 3 is 2.29 bits per heavy atom. The second-order valence-electron chi connectivity index (χ2n) is 10.6. The molecule has 0 radical (unpaired) electrons. The van der Waals surface area contributed by atoms with Gasteiger partial charge in [0.25, 0.3) is 0 Å². The van der Waals surface area contributed by atoms with Gasteiger partial charge >= 0.3 is 6.03 Å². The zero-order valence-electron chi connectivity index (χ0n) is 21.0. The maximum atomic E-state index is 14.0. The minimum Gasteiger partial charge on any atom is -0.333 e. The predicted molar refractivity (Wildman–Crippen MR) is 153 cm³/mol. The van der Waals surface area contributed by atoms with Crippen LogP contribution in [0.4, 0.5) is 20.6 Å². The Morgan fingerprint density at radius 2 is 1.63 bits per heavy atom. The molecule has 0 atom stereocenters. The number of halogens is 4. The lowest BCUT2D eigenvalue weighted by Gasteiger charge is -2.38. The minimum atomic E-state index is -0.389. The first-order valence-electron chi connectivity index (χ1n) is 13.3. The van der Waals surface area contributed by atoms with Crippen LogP contribution in [0.1, 0.15) is 49.1 Å². The van der Waals surface area contributed by atoms with Crippen molar-refractivity contribution in [3.63, 3.8) is 0 Å². The molecule has 2 amide bonds. The maximum Gasteiger partial charge on any atom is 0.326 e. The summed E-state index contributed by atoms with van der Waals surface area (Å²) in [6.45, 7) is 3.64. The number of hydrogen-bond donors (Lipinski definition) is 1. The van der Waals surface area contributed by atoms with E-state index in [1.54, 1.807) is 29.2 Å². The fourth-order valence-electron chi connectivity index (χ4n) is 6.01. The van der Waals surface area contributed by atoms with Crippen molar-refractivity contribution in [2.75, 3.05) is 24.5 Å². The number of urea groups is 1. The van der Waals surface area contributed by atoms with E-state index in [0.717, 1.165) is 59.8 Å². The number of rotatable bonds is 5. The number of benzene rings is 3. The Hall–Kier alpha value is -2.31. The Bertz CT molecular complexity index is 1370. The van der Waals surface area contributed by atoms with E-state index in [0.29, 0.717) is 33.2 Å². The van der Waals surface area contributed by atoms with Gasteiger partial charge in [-0.15, -0.1) is 0 Å². The van der Waals surface area contributed by atoms with E-state index in [2.05, 4.69) is 22.3 Å². The van der Waals surface area contributed by atoms with Gasteiger partial charge in [-0.05, 0) is 98.1 Å². The number of fused-ring (bicyclic) bond motifs is 1. The molecule has 3 aromatic rings. The van der Waals surface area contributed by atoms with Crippen LogP contribution in [0.15, 0.2) is 48.5 Å². The SMILES string of the molecule is O=C1NCc2c(-c3ccc(F)cc3Cl)cc(C3CCN(CC4CCC4)CC3)cc2N1c1c(Cl)cccc1Cl. The fraction of sp³-hybridized carbons (Fsp3) is 0.367. The minimum absolute atomic E-state index is 0.295. The molecule has 38 heavy (non-hydrogen) atoms. The molecule has 0 bridgehead atoms. The van der Waals surface area contributed by atoms with Gasteiger partial charge in [-0.3, -0.25) is 4.90 Å². The zero-order chi connectivity index (χ0) is 26.4. The molecule has 6 rings (SSSR count). The molecule has 3 aromatic carbocycles. The van der Waals surface area contributed by atoms with Crippen LogP contribution in [-0.4, -0.2) is 30.6 Å². The molecule has 2 fully saturated rings. The molecule has 3 aliphatic rings. The molecule has 8 heteroatoms. The van der Waals surface area contributed by atoms with Crippen LogP contribution in [0, 0.1) is 11.7 Å². The average Bonchev–Trinajstić information content (AvgIpc) is 2.87. The first kappa shape index (κ1) is 25.9. The highest BCUT2D eigenvalue weighted by Crippen LogP contribution is 2.46. The van der Waals surface area contributed by atoms with Crippen molar-refractivity contribution in [2.24, 2.45) is 5.92 Å². The van der Waals surface area contributed by atoms with Gasteiger partial charge in [-0.25, -0.2) is 9.18 Å². The van der Waals surface area contributed by atoms with Crippen molar-refractivity contribution in [3.8, 4) is 11.1 Å². The fourth-order valence-corrected chi connectivity index (χ4v) is 6.85. The number of carbonyl (C=O) groups is 1. The predicted octanol–water partition coefficient (Wildman–Crippen LogP) is 8.79. The zero-order valence-corrected chi connectivity index (χ0v) is 23.2. The molecule has 1 aliphatic carbocycles. The molecule has 2 aliphatic heterocycles. The third kappa shape index (κ3) is 4.90. The summed E-state index contributed by atoms with van der Waals surface area (Å²) in [5.41, 5.74) is 4.82. The van der Waals surface area contributed by atoms with Crippen LogP contribution in [0.2, 0.25) is 15.1 Å². The van der Waals surface area contributed by atoms with Crippen LogP contribution in [0.3, 0.4) is 0 Å². The summed E-state index contributed by atoms with van der Waals surface area (Å²) in [4.78, 5) is 17.5.